The van der Waals surface area contributed by atoms with Crippen LogP contribution in [0.5, 0.6) is 0 Å². The molecule has 0 aromatic carbocycles. The van der Waals surface area contributed by atoms with Gasteiger partial charge in [0.15, 0.2) is 0 Å². The van der Waals surface area contributed by atoms with Gasteiger partial charge in [0.1, 0.15) is 12.2 Å². The van der Waals surface area contributed by atoms with Crippen LogP contribution in [-0.2, 0) is 19.1 Å². The number of hydrogen-bond donors (Lipinski definition) is 0. The maximum absolute atomic E-state index is 13.9. The molecule has 0 spiro atoms. The molecule has 156 valence electrons. The smallest absolute Gasteiger partial charge is 0.411 e. The van der Waals surface area contributed by atoms with Crippen LogP contribution in [0.1, 0.15) is 64.2 Å². The Kier molecular flexibility index (Phi) is 6.68. The molecule has 0 unspecified atom stereocenters. The predicted octanol–water partition coefficient (Wildman–Crippen LogP) is 4.64. The van der Waals surface area contributed by atoms with Gasteiger partial charge in [-0.1, -0.05) is 12.8 Å². The number of halogens is 6. The second-order valence-corrected chi connectivity index (χ2v) is 7.05. The van der Waals surface area contributed by atoms with Gasteiger partial charge >= 0.3 is 29.7 Å². The monoisotopic (exact) mass is 404 g/mol. The van der Waals surface area contributed by atoms with E-state index in [0.717, 1.165) is 12.8 Å². The van der Waals surface area contributed by atoms with Crippen molar-refractivity contribution in [3.05, 3.63) is 0 Å². The molecular weight excluding hydrogens is 382 g/mol. The summed E-state index contributed by atoms with van der Waals surface area (Å²) >= 11 is 0. The molecule has 0 atom stereocenters. The number of carbonyl (C=O) groups excluding carboxylic acids is 2. The minimum absolute atomic E-state index is 0.188. The fraction of sp³-hybridized carbons (Fsp3) is 0.882. The summed E-state index contributed by atoms with van der Waals surface area (Å²) < 4.78 is 91.9. The lowest BCUT2D eigenvalue weighted by atomic mass is 9.97. The summed E-state index contributed by atoms with van der Waals surface area (Å²) in [6, 6.07) is 0. The minimum Gasteiger partial charge on any atom is -0.458 e. The van der Waals surface area contributed by atoms with Gasteiger partial charge in [-0.25, -0.2) is 9.59 Å². The van der Waals surface area contributed by atoms with E-state index in [0.29, 0.717) is 25.7 Å². The van der Waals surface area contributed by atoms with Crippen molar-refractivity contribution in [3.63, 3.8) is 0 Å². The van der Waals surface area contributed by atoms with E-state index in [1.807, 2.05) is 0 Å². The molecule has 2 saturated carbocycles. The maximum atomic E-state index is 13.9. The Balaban J connectivity index is 2.08. The van der Waals surface area contributed by atoms with Crippen molar-refractivity contribution in [2.45, 2.75) is 94.2 Å². The SMILES string of the molecule is O=C(OC1CCCCC1)C(F)(F)C(F)(F)C(F)(F)C(=O)OC1CCCCC1. The van der Waals surface area contributed by atoms with Gasteiger partial charge < -0.3 is 9.47 Å². The van der Waals surface area contributed by atoms with Crippen LogP contribution in [0.15, 0.2) is 0 Å². The summed E-state index contributed by atoms with van der Waals surface area (Å²) in [5.74, 6) is -23.6. The van der Waals surface area contributed by atoms with Crippen molar-refractivity contribution in [1.29, 1.82) is 0 Å². The van der Waals surface area contributed by atoms with Gasteiger partial charge in [-0.3, -0.25) is 0 Å². The third-order valence-electron chi connectivity index (χ3n) is 4.95. The molecule has 0 aliphatic heterocycles. The Morgan fingerprint density at radius 1 is 0.593 bits per heavy atom. The Morgan fingerprint density at radius 3 is 1.19 bits per heavy atom. The van der Waals surface area contributed by atoms with Crippen molar-refractivity contribution in [2.75, 3.05) is 0 Å². The third kappa shape index (κ3) is 4.51. The van der Waals surface area contributed by atoms with E-state index in [9.17, 15) is 35.9 Å². The Hall–Kier alpha value is -1.48. The molecule has 0 heterocycles. The molecule has 2 rings (SSSR count). The first kappa shape index (κ1) is 21.8. The van der Waals surface area contributed by atoms with Crippen molar-refractivity contribution >= 4 is 11.9 Å². The first-order chi connectivity index (χ1) is 12.5. The Labute approximate surface area is 152 Å². The molecule has 0 bridgehead atoms. The number of esters is 2. The van der Waals surface area contributed by atoms with Gasteiger partial charge in [-0.05, 0) is 51.4 Å². The zero-order valence-electron chi connectivity index (χ0n) is 14.6. The molecule has 2 fully saturated rings. The largest absolute Gasteiger partial charge is 0.458 e. The lowest BCUT2D eigenvalue weighted by Crippen LogP contribution is -2.62. The van der Waals surface area contributed by atoms with Crippen molar-refractivity contribution < 1.29 is 45.4 Å². The molecule has 0 aromatic heterocycles. The molecular formula is C17H22F6O4. The zero-order valence-corrected chi connectivity index (χ0v) is 14.6. The van der Waals surface area contributed by atoms with Crippen LogP contribution >= 0.6 is 0 Å². The number of alkyl halides is 6. The summed E-state index contributed by atoms with van der Waals surface area (Å²) in [5, 5.41) is 0. The van der Waals surface area contributed by atoms with Gasteiger partial charge in [-0.2, -0.15) is 26.3 Å². The highest BCUT2D eigenvalue weighted by atomic mass is 19.3. The average Bonchev–Trinajstić information content (AvgIpc) is 2.63. The molecule has 2 aliphatic rings. The van der Waals surface area contributed by atoms with Gasteiger partial charge in [-0.15, -0.1) is 0 Å². The predicted molar refractivity (Wildman–Crippen MR) is 80.8 cm³/mol. The van der Waals surface area contributed by atoms with Crippen LogP contribution in [0.4, 0.5) is 26.3 Å². The standard InChI is InChI=1S/C17H22F6O4/c18-15(19,13(24)26-11-7-3-1-4-8-11)17(22,23)16(20,21)14(25)27-12-9-5-2-6-10-12/h11-12H,1-10H2. The van der Waals surface area contributed by atoms with E-state index in [-0.39, 0.29) is 25.7 Å². The number of rotatable bonds is 6. The van der Waals surface area contributed by atoms with Crippen LogP contribution < -0.4 is 0 Å². The van der Waals surface area contributed by atoms with Crippen LogP contribution in [0.25, 0.3) is 0 Å². The lowest BCUT2D eigenvalue weighted by molar-refractivity contribution is -0.303. The molecule has 27 heavy (non-hydrogen) atoms. The number of hydrogen-bond acceptors (Lipinski definition) is 4. The fourth-order valence-electron chi connectivity index (χ4n) is 3.27. The van der Waals surface area contributed by atoms with Gasteiger partial charge in [0.05, 0.1) is 0 Å². The molecule has 0 N–H and O–H groups in total. The molecule has 4 nitrogen and oxygen atoms in total. The van der Waals surface area contributed by atoms with Crippen LogP contribution in [0, 0.1) is 0 Å². The molecule has 0 aromatic rings. The van der Waals surface area contributed by atoms with E-state index in [1.165, 1.54) is 0 Å². The lowest BCUT2D eigenvalue weighted by Gasteiger charge is -2.32. The first-order valence-electron chi connectivity index (χ1n) is 9.05. The van der Waals surface area contributed by atoms with E-state index in [4.69, 9.17) is 0 Å². The summed E-state index contributed by atoms with van der Waals surface area (Å²) in [5.41, 5.74) is 0. The normalized spacial score (nSPS) is 21.0. The summed E-state index contributed by atoms with van der Waals surface area (Å²) in [6.07, 6.45) is 2.41. The van der Waals surface area contributed by atoms with Crippen molar-refractivity contribution in [1.82, 2.24) is 0 Å². The van der Waals surface area contributed by atoms with E-state index in [2.05, 4.69) is 9.47 Å². The highest BCUT2D eigenvalue weighted by Gasteiger charge is 2.79. The summed E-state index contributed by atoms with van der Waals surface area (Å²) in [6.45, 7) is 0. The molecule has 10 heteroatoms. The summed E-state index contributed by atoms with van der Waals surface area (Å²) in [4.78, 5) is 23.0. The van der Waals surface area contributed by atoms with Gasteiger partial charge in [0.25, 0.3) is 0 Å². The van der Waals surface area contributed by atoms with Crippen molar-refractivity contribution in [2.24, 2.45) is 0 Å². The second kappa shape index (κ2) is 8.26. The third-order valence-corrected chi connectivity index (χ3v) is 4.95. The summed E-state index contributed by atoms with van der Waals surface area (Å²) in [7, 11) is 0. The quantitative estimate of drug-likeness (QED) is 0.478. The molecule has 0 amide bonds. The minimum atomic E-state index is -6.28. The fourth-order valence-corrected chi connectivity index (χ4v) is 3.27. The van der Waals surface area contributed by atoms with E-state index < -0.39 is 41.9 Å². The Bertz CT molecular complexity index is 494. The first-order valence-corrected chi connectivity index (χ1v) is 9.05. The highest BCUT2D eigenvalue weighted by molar-refractivity contribution is 5.84. The van der Waals surface area contributed by atoms with Gasteiger partial charge in [0, 0.05) is 0 Å². The number of ether oxygens (including phenoxy) is 2. The zero-order chi connectivity index (χ0) is 20.3. The highest BCUT2D eigenvalue weighted by Crippen LogP contribution is 2.47. The Morgan fingerprint density at radius 2 is 0.889 bits per heavy atom. The van der Waals surface area contributed by atoms with Crippen LogP contribution in [0.3, 0.4) is 0 Å². The molecule has 0 radical (unpaired) electrons. The topological polar surface area (TPSA) is 52.6 Å². The van der Waals surface area contributed by atoms with Gasteiger partial charge in [0.2, 0.25) is 0 Å². The van der Waals surface area contributed by atoms with E-state index >= 15 is 0 Å². The molecule has 2 aliphatic carbocycles. The molecule has 0 saturated heterocycles. The average molecular weight is 404 g/mol. The maximum Gasteiger partial charge on any atom is 0.411 e. The second-order valence-electron chi connectivity index (χ2n) is 7.05. The van der Waals surface area contributed by atoms with Crippen molar-refractivity contribution in [3.8, 4) is 0 Å². The van der Waals surface area contributed by atoms with Crippen LogP contribution in [-0.4, -0.2) is 41.9 Å². The van der Waals surface area contributed by atoms with Crippen LogP contribution in [0.2, 0.25) is 0 Å². The number of carbonyl (C=O) groups is 2. The van der Waals surface area contributed by atoms with E-state index in [1.54, 1.807) is 0 Å².